The van der Waals surface area contributed by atoms with Crippen molar-refractivity contribution in [2.45, 2.75) is 6.54 Å². The fourth-order valence-electron chi connectivity index (χ4n) is 1.97. The van der Waals surface area contributed by atoms with Gasteiger partial charge in [-0.05, 0) is 11.6 Å². The highest BCUT2D eigenvalue weighted by Crippen LogP contribution is 2.20. The first-order valence-corrected chi connectivity index (χ1v) is 7.80. The van der Waals surface area contributed by atoms with E-state index in [0.717, 1.165) is 36.7 Å². The van der Waals surface area contributed by atoms with E-state index >= 15 is 0 Å². The summed E-state index contributed by atoms with van der Waals surface area (Å²) in [5, 5.41) is 12.2. The van der Waals surface area contributed by atoms with Crippen molar-refractivity contribution in [3.05, 3.63) is 34.3 Å². The minimum Gasteiger partial charge on any atom is -0.409 e. The predicted octanol–water partition coefficient (Wildman–Crippen LogP) is 0.999. The maximum atomic E-state index is 11.3. The van der Waals surface area contributed by atoms with Crippen LogP contribution >= 0.6 is 11.6 Å². The summed E-state index contributed by atoms with van der Waals surface area (Å²) in [6.07, 6.45) is 0. The second-order valence-corrected chi connectivity index (χ2v) is 6.52. The highest BCUT2D eigenvalue weighted by atomic mass is 35.5. The summed E-state index contributed by atoms with van der Waals surface area (Å²) >= 11 is 6.20. The number of nitrogens with zero attached hydrogens (tertiary/aromatic N) is 2. The van der Waals surface area contributed by atoms with Gasteiger partial charge >= 0.3 is 0 Å². The summed E-state index contributed by atoms with van der Waals surface area (Å²) in [5.41, 5.74) is 7.09. The smallest absolute Gasteiger partial charge is 0.170 e. The molecule has 0 amide bonds. The standard InChI is InChI=1S/C12H16ClN3O2S/c13-11-7-9(12(14)15-17)1-2-10(11)8-16-3-5-19(18)6-4-16/h1-2,7,17H,3-6,8H2,(H2,14,15). The van der Waals surface area contributed by atoms with E-state index in [-0.39, 0.29) is 5.84 Å². The summed E-state index contributed by atoms with van der Waals surface area (Å²) in [5.74, 6) is 1.49. The predicted molar refractivity (Wildman–Crippen MR) is 77.1 cm³/mol. The molecule has 104 valence electrons. The molecule has 1 aliphatic rings. The van der Waals surface area contributed by atoms with Crippen molar-refractivity contribution in [2.75, 3.05) is 24.6 Å². The molecule has 0 spiro atoms. The molecule has 19 heavy (non-hydrogen) atoms. The minimum absolute atomic E-state index is 0.0434. The van der Waals surface area contributed by atoms with Crippen molar-refractivity contribution < 1.29 is 9.42 Å². The Morgan fingerprint density at radius 2 is 2.16 bits per heavy atom. The van der Waals surface area contributed by atoms with Crippen LogP contribution in [-0.2, 0) is 17.3 Å². The average Bonchev–Trinajstić information content (AvgIpc) is 2.42. The second kappa shape index (κ2) is 6.36. The van der Waals surface area contributed by atoms with Crippen LogP contribution in [-0.4, -0.2) is 44.7 Å². The lowest BCUT2D eigenvalue weighted by molar-refractivity contribution is 0.291. The topological polar surface area (TPSA) is 78.9 Å². The van der Waals surface area contributed by atoms with Crippen LogP contribution in [0.2, 0.25) is 5.02 Å². The minimum atomic E-state index is -0.670. The zero-order chi connectivity index (χ0) is 13.8. The highest BCUT2D eigenvalue weighted by molar-refractivity contribution is 7.85. The number of benzene rings is 1. The average molecular weight is 302 g/mol. The Balaban J connectivity index is 2.07. The van der Waals surface area contributed by atoms with Crippen LogP contribution in [0.15, 0.2) is 23.4 Å². The maximum Gasteiger partial charge on any atom is 0.170 e. The lowest BCUT2D eigenvalue weighted by Crippen LogP contribution is -2.37. The summed E-state index contributed by atoms with van der Waals surface area (Å²) in [7, 11) is -0.670. The monoisotopic (exact) mass is 301 g/mol. The van der Waals surface area contributed by atoms with E-state index < -0.39 is 10.8 Å². The first kappa shape index (κ1) is 14.3. The molecule has 5 nitrogen and oxygen atoms in total. The van der Waals surface area contributed by atoms with Gasteiger partial charge in [0.25, 0.3) is 0 Å². The van der Waals surface area contributed by atoms with Gasteiger partial charge in [-0.2, -0.15) is 0 Å². The zero-order valence-corrected chi connectivity index (χ0v) is 12.0. The third-order valence-electron chi connectivity index (χ3n) is 3.12. The lowest BCUT2D eigenvalue weighted by Gasteiger charge is -2.26. The molecule has 1 aromatic carbocycles. The normalized spacial score (nSPS) is 18.7. The highest BCUT2D eigenvalue weighted by Gasteiger charge is 2.16. The lowest BCUT2D eigenvalue weighted by atomic mass is 10.1. The molecule has 1 fully saturated rings. The van der Waals surface area contributed by atoms with Crippen LogP contribution in [0, 0.1) is 0 Å². The number of rotatable bonds is 3. The molecule has 0 unspecified atom stereocenters. The molecule has 0 bridgehead atoms. The van der Waals surface area contributed by atoms with Crippen molar-refractivity contribution in [2.24, 2.45) is 10.9 Å². The Morgan fingerprint density at radius 1 is 1.47 bits per heavy atom. The summed E-state index contributed by atoms with van der Waals surface area (Å²) in [4.78, 5) is 2.23. The SMILES string of the molecule is N/C(=N/O)c1ccc(CN2CCS(=O)CC2)c(Cl)c1. The van der Waals surface area contributed by atoms with Crippen LogP contribution in [0.3, 0.4) is 0 Å². The quantitative estimate of drug-likeness (QED) is 0.378. The van der Waals surface area contributed by atoms with Crippen LogP contribution in [0.25, 0.3) is 0 Å². The largest absolute Gasteiger partial charge is 0.409 e. The molecule has 2 rings (SSSR count). The third kappa shape index (κ3) is 3.68. The number of hydrogen-bond donors (Lipinski definition) is 2. The number of oxime groups is 1. The van der Waals surface area contributed by atoms with Gasteiger partial charge in [-0.15, -0.1) is 0 Å². The van der Waals surface area contributed by atoms with Crippen molar-refractivity contribution in [1.29, 1.82) is 0 Å². The molecule has 0 atom stereocenters. The van der Waals surface area contributed by atoms with Gasteiger partial charge in [0.05, 0.1) is 0 Å². The van der Waals surface area contributed by atoms with Crippen molar-refractivity contribution in [3.63, 3.8) is 0 Å². The van der Waals surface area contributed by atoms with Gasteiger partial charge in [0.15, 0.2) is 5.84 Å². The molecule has 0 radical (unpaired) electrons. The molecule has 1 heterocycles. The van der Waals surface area contributed by atoms with Crippen LogP contribution < -0.4 is 5.73 Å². The van der Waals surface area contributed by atoms with Gasteiger partial charge < -0.3 is 10.9 Å². The van der Waals surface area contributed by atoms with E-state index in [2.05, 4.69) is 10.1 Å². The van der Waals surface area contributed by atoms with Gasteiger partial charge in [-0.1, -0.05) is 28.9 Å². The van der Waals surface area contributed by atoms with Crippen LogP contribution in [0.4, 0.5) is 0 Å². The number of halogens is 1. The maximum absolute atomic E-state index is 11.3. The number of hydrogen-bond acceptors (Lipinski definition) is 4. The molecule has 1 saturated heterocycles. The molecule has 1 aliphatic heterocycles. The van der Waals surface area contributed by atoms with E-state index in [0.29, 0.717) is 10.6 Å². The van der Waals surface area contributed by atoms with Gasteiger partial charge in [0, 0.05) is 52.5 Å². The van der Waals surface area contributed by atoms with E-state index in [4.69, 9.17) is 22.5 Å². The van der Waals surface area contributed by atoms with E-state index in [1.54, 1.807) is 12.1 Å². The number of amidine groups is 1. The Morgan fingerprint density at radius 3 is 2.74 bits per heavy atom. The molecular weight excluding hydrogens is 286 g/mol. The Bertz CT molecular complexity index is 512. The van der Waals surface area contributed by atoms with Crippen molar-refractivity contribution in [3.8, 4) is 0 Å². The van der Waals surface area contributed by atoms with E-state index in [1.807, 2.05) is 6.07 Å². The first-order chi connectivity index (χ1) is 9.10. The molecule has 1 aromatic rings. The fraction of sp³-hybridized carbons (Fsp3) is 0.417. The summed E-state index contributed by atoms with van der Waals surface area (Å²) in [6, 6.07) is 5.34. The zero-order valence-electron chi connectivity index (χ0n) is 10.4. The molecule has 0 aliphatic carbocycles. The third-order valence-corrected chi connectivity index (χ3v) is 4.75. The number of nitrogens with two attached hydrogens (primary N) is 1. The van der Waals surface area contributed by atoms with Gasteiger partial charge in [-0.3, -0.25) is 9.11 Å². The van der Waals surface area contributed by atoms with Crippen molar-refractivity contribution in [1.82, 2.24) is 4.90 Å². The Kier molecular flexibility index (Phi) is 4.79. The Hall–Kier alpha value is -1.11. The van der Waals surface area contributed by atoms with Gasteiger partial charge in [-0.25, -0.2) is 0 Å². The molecule has 0 saturated carbocycles. The molecule has 3 N–H and O–H groups in total. The van der Waals surface area contributed by atoms with Crippen molar-refractivity contribution >= 4 is 28.2 Å². The molecule has 7 heteroatoms. The second-order valence-electron chi connectivity index (χ2n) is 4.42. The van der Waals surface area contributed by atoms with E-state index in [1.165, 1.54) is 0 Å². The molecule has 0 aromatic heterocycles. The molecular formula is C12H16ClN3O2S. The van der Waals surface area contributed by atoms with Gasteiger partial charge in [0.1, 0.15) is 0 Å². The van der Waals surface area contributed by atoms with Crippen LogP contribution in [0.1, 0.15) is 11.1 Å². The van der Waals surface area contributed by atoms with Crippen LogP contribution in [0.5, 0.6) is 0 Å². The summed E-state index contributed by atoms with van der Waals surface area (Å²) in [6.45, 7) is 2.38. The van der Waals surface area contributed by atoms with Gasteiger partial charge in [0.2, 0.25) is 0 Å². The fourth-order valence-corrected chi connectivity index (χ4v) is 3.34. The van der Waals surface area contributed by atoms with E-state index in [9.17, 15) is 4.21 Å². The first-order valence-electron chi connectivity index (χ1n) is 5.94. The Labute approximate surface area is 119 Å². The summed E-state index contributed by atoms with van der Waals surface area (Å²) < 4.78 is 11.3.